The van der Waals surface area contributed by atoms with Crippen LogP contribution < -0.4 is 10.6 Å². The van der Waals surface area contributed by atoms with Crippen molar-refractivity contribution in [3.63, 3.8) is 0 Å². The second-order valence-corrected chi connectivity index (χ2v) is 6.75. The SMILES string of the molecule is Cc1nc(NCCN2CCOCC2)cc(C(=O)NCc2ccccc2Cl)n1. The lowest BCUT2D eigenvalue weighted by Gasteiger charge is -2.26. The Hall–Kier alpha value is -2.22. The average Bonchev–Trinajstić information content (AvgIpc) is 2.67. The van der Waals surface area contributed by atoms with Crippen molar-refractivity contribution in [3.05, 3.63) is 52.4 Å². The minimum absolute atomic E-state index is 0.253. The number of carbonyl (C=O) groups is 1. The Balaban J connectivity index is 1.55. The molecule has 0 aliphatic carbocycles. The lowest BCUT2D eigenvalue weighted by molar-refractivity contribution is 0.0398. The molecule has 3 rings (SSSR count). The van der Waals surface area contributed by atoms with Crippen molar-refractivity contribution in [1.82, 2.24) is 20.2 Å². The summed E-state index contributed by atoms with van der Waals surface area (Å²) in [7, 11) is 0. The van der Waals surface area contributed by atoms with Crippen LogP contribution in [0.15, 0.2) is 30.3 Å². The van der Waals surface area contributed by atoms with Crippen LogP contribution >= 0.6 is 11.6 Å². The Labute approximate surface area is 164 Å². The third-order valence-corrected chi connectivity index (χ3v) is 4.67. The van der Waals surface area contributed by atoms with E-state index in [0.29, 0.717) is 28.9 Å². The zero-order chi connectivity index (χ0) is 19.1. The van der Waals surface area contributed by atoms with Gasteiger partial charge in [0.15, 0.2) is 0 Å². The molecule has 0 spiro atoms. The minimum atomic E-state index is -0.253. The molecule has 1 aromatic heterocycles. The maximum Gasteiger partial charge on any atom is 0.270 e. The van der Waals surface area contributed by atoms with Crippen molar-refractivity contribution < 1.29 is 9.53 Å². The molecule has 0 saturated carbocycles. The van der Waals surface area contributed by atoms with Crippen molar-refractivity contribution >= 4 is 23.3 Å². The number of hydrogen-bond donors (Lipinski definition) is 2. The number of nitrogens with one attached hydrogen (secondary N) is 2. The summed E-state index contributed by atoms with van der Waals surface area (Å²) in [5, 5.41) is 6.76. The summed E-state index contributed by atoms with van der Waals surface area (Å²) in [5.41, 5.74) is 1.20. The fourth-order valence-electron chi connectivity index (χ4n) is 2.85. The summed E-state index contributed by atoms with van der Waals surface area (Å²) in [6.45, 7) is 7.22. The highest BCUT2D eigenvalue weighted by Crippen LogP contribution is 2.14. The average molecular weight is 390 g/mol. The predicted octanol–water partition coefficient (Wildman–Crippen LogP) is 2.11. The Morgan fingerprint density at radius 3 is 2.81 bits per heavy atom. The quantitative estimate of drug-likeness (QED) is 0.755. The Morgan fingerprint density at radius 1 is 1.26 bits per heavy atom. The first-order valence-electron chi connectivity index (χ1n) is 9.03. The molecular formula is C19H24ClN5O2. The van der Waals surface area contributed by atoms with Crippen molar-refractivity contribution in [2.75, 3.05) is 44.7 Å². The van der Waals surface area contributed by atoms with Gasteiger partial charge in [-0.3, -0.25) is 9.69 Å². The standard InChI is InChI=1S/C19H24ClN5O2/c1-14-23-17(19(26)22-13-15-4-2-3-5-16(15)20)12-18(24-14)21-6-7-25-8-10-27-11-9-25/h2-5,12H,6-11,13H2,1H3,(H,22,26)(H,21,23,24). The van der Waals surface area contributed by atoms with Crippen LogP contribution in [0.4, 0.5) is 5.82 Å². The van der Waals surface area contributed by atoms with Gasteiger partial charge < -0.3 is 15.4 Å². The molecule has 1 saturated heterocycles. The molecule has 0 radical (unpaired) electrons. The molecule has 2 N–H and O–H groups in total. The van der Waals surface area contributed by atoms with Gasteiger partial charge in [-0.15, -0.1) is 0 Å². The van der Waals surface area contributed by atoms with Gasteiger partial charge in [0.05, 0.1) is 13.2 Å². The number of hydrogen-bond acceptors (Lipinski definition) is 6. The van der Waals surface area contributed by atoms with Gasteiger partial charge in [-0.25, -0.2) is 9.97 Å². The number of anilines is 1. The maximum absolute atomic E-state index is 12.5. The molecule has 1 aliphatic heterocycles. The van der Waals surface area contributed by atoms with E-state index in [2.05, 4.69) is 25.5 Å². The van der Waals surface area contributed by atoms with E-state index >= 15 is 0 Å². The number of carbonyl (C=O) groups excluding carboxylic acids is 1. The van der Waals surface area contributed by atoms with Gasteiger partial charge in [-0.2, -0.15) is 0 Å². The summed E-state index contributed by atoms with van der Waals surface area (Å²) in [6, 6.07) is 9.10. The highest BCUT2D eigenvalue weighted by Gasteiger charge is 2.12. The number of benzene rings is 1. The Morgan fingerprint density at radius 2 is 2.04 bits per heavy atom. The number of ether oxygens (including phenoxy) is 1. The van der Waals surface area contributed by atoms with E-state index in [1.54, 1.807) is 19.1 Å². The molecule has 1 aliphatic rings. The summed E-state index contributed by atoms with van der Waals surface area (Å²) < 4.78 is 5.35. The van der Waals surface area contributed by atoms with Crippen molar-refractivity contribution in [2.24, 2.45) is 0 Å². The first-order chi connectivity index (χ1) is 13.1. The van der Waals surface area contributed by atoms with Crippen LogP contribution in [0, 0.1) is 6.92 Å². The molecule has 7 nitrogen and oxygen atoms in total. The van der Waals surface area contributed by atoms with E-state index < -0.39 is 0 Å². The summed E-state index contributed by atoms with van der Waals surface area (Å²) in [6.07, 6.45) is 0. The zero-order valence-corrected chi connectivity index (χ0v) is 16.1. The minimum Gasteiger partial charge on any atom is -0.379 e. The molecule has 0 atom stereocenters. The normalized spacial score (nSPS) is 14.7. The van der Waals surface area contributed by atoms with Gasteiger partial charge in [-0.1, -0.05) is 29.8 Å². The molecular weight excluding hydrogens is 366 g/mol. The molecule has 0 unspecified atom stereocenters. The number of halogens is 1. The number of morpholine rings is 1. The smallest absolute Gasteiger partial charge is 0.270 e. The Kier molecular flexibility index (Phi) is 6.98. The van der Waals surface area contributed by atoms with Gasteiger partial charge >= 0.3 is 0 Å². The molecule has 1 fully saturated rings. The van der Waals surface area contributed by atoms with Crippen molar-refractivity contribution in [3.8, 4) is 0 Å². The molecule has 1 amide bonds. The molecule has 0 bridgehead atoms. The zero-order valence-electron chi connectivity index (χ0n) is 15.4. The largest absolute Gasteiger partial charge is 0.379 e. The highest BCUT2D eigenvalue weighted by atomic mass is 35.5. The van der Waals surface area contributed by atoms with Crippen LogP contribution in [-0.2, 0) is 11.3 Å². The lowest BCUT2D eigenvalue weighted by atomic mass is 10.2. The number of amides is 1. The molecule has 27 heavy (non-hydrogen) atoms. The van der Waals surface area contributed by atoms with Crippen LogP contribution in [0.25, 0.3) is 0 Å². The third kappa shape index (κ3) is 5.89. The van der Waals surface area contributed by atoms with Gasteiger partial charge in [0.2, 0.25) is 0 Å². The topological polar surface area (TPSA) is 79.4 Å². The second-order valence-electron chi connectivity index (χ2n) is 6.34. The Bertz CT molecular complexity index is 780. The van der Waals surface area contributed by atoms with Crippen LogP contribution in [0.3, 0.4) is 0 Å². The predicted molar refractivity (Wildman–Crippen MR) is 105 cm³/mol. The highest BCUT2D eigenvalue weighted by molar-refractivity contribution is 6.31. The fourth-order valence-corrected chi connectivity index (χ4v) is 3.05. The molecule has 8 heteroatoms. The number of rotatable bonds is 7. The van der Waals surface area contributed by atoms with Crippen LogP contribution in [0.2, 0.25) is 5.02 Å². The lowest BCUT2D eigenvalue weighted by Crippen LogP contribution is -2.39. The maximum atomic E-state index is 12.5. The van der Waals surface area contributed by atoms with Crippen molar-refractivity contribution in [2.45, 2.75) is 13.5 Å². The number of nitrogens with zero attached hydrogens (tertiary/aromatic N) is 3. The van der Waals surface area contributed by atoms with E-state index in [1.165, 1.54) is 0 Å². The molecule has 2 heterocycles. The monoisotopic (exact) mass is 389 g/mol. The van der Waals surface area contributed by atoms with Gasteiger partial charge in [0.1, 0.15) is 17.3 Å². The summed E-state index contributed by atoms with van der Waals surface area (Å²) in [5.74, 6) is 0.949. The van der Waals surface area contributed by atoms with Gasteiger partial charge in [-0.05, 0) is 18.6 Å². The number of aromatic nitrogens is 2. The van der Waals surface area contributed by atoms with Gasteiger partial charge in [0.25, 0.3) is 5.91 Å². The molecule has 2 aromatic rings. The first kappa shape index (κ1) is 19.5. The van der Waals surface area contributed by atoms with Crippen molar-refractivity contribution in [1.29, 1.82) is 0 Å². The van der Waals surface area contributed by atoms with Crippen LogP contribution in [0.1, 0.15) is 21.9 Å². The second kappa shape index (κ2) is 9.64. The number of aryl methyl sites for hydroxylation is 1. The summed E-state index contributed by atoms with van der Waals surface area (Å²) >= 11 is 6.13. The van der Waals surface area contributed by atoms with Crippen LogP contribution in [0.5, 0.6) is 0 Å². The van der Waals surface area contributed by atoms with Gasteiger partial charge in [0, 0.05) is 43.8 Å². The third-order valence-electron chi connectivity index (χ3n) is 4.31. The summed E-state index contributed by atoms with van der Waals surface area (Å²) in [4.78, 5) is 23.4. The van der Waals surface area contributed by atoms with E-state index in [0.717, 1.165) is 45.0 Å². The fraction of sp³-hybridized carbons (Fsp3) is 0.421. The molecule has 1 aromatic carbocycles. The van der Waals surface area contributed by atoms with E-state index in [1.807, 2.05) is 18.2 Å². The van der Waals surface area contributed by atoms with E-state index in [9.17, 15) is 4.79 Å². The first-order valence-corrected chi connectivity index (χ1v) is 9.41. The van der Waals surface area contributed by atoms with E-state index in [4.69, 9.17) is 16.3 Å². The molecule has 144 valence electrons. The van der Waals surface area contributed by atoms with E-state index in [-0.39, 0.29) is 5.91 Å². The van der Waals surface area contributed by atoms with Crippen LogP contribution in [-0.4, -0.2) is 60.2 Å².